The van der Waals surface area contributed by atoms with E-state index in [0.29, 0.717) is 5.76 Å². The molecule has 3 rings (SSSR count). The molecule has 2 heterocycles. The second-order valence-electron chi connectivity index (χ2n) is 5.82. The molecule has 0 aliphatic carbocycles. The highest BCUT2D eigenvalue weighted by Gasteiger charge is 2.12. The van der Waals surface area contributed by atoms with Gasteiger partial charge < -0.3 is 20.0 Å². The largest absolute Gasteiger partial charge is 0.467 e. The van der Waals surface area contributed by atoms with E-state index in [0.717, 1.165) is 18.8 Å². The number of nitrogens with one attached hydrogen (secondary N) is 2. The standard InChI is InChI=1S/C19H20N4O2/c20-12-15(19(24)22-14-18-4-3-11-25-18)13-21-16-5-7-17(8-6-16)23-9-1-2-10-23/h3-8,11,13,21H,1-2,9-10,14H2,(H,22,24)/b15-13-. The van der Waals surface area contributed by atoms with E-state index < -0.39 is 5.91 Å². The number of anilines is 2. The summed E-state index contributed by atoms with van der Waals surface area (Å²) in [5.41, 5.74) is 2.04. The van der Waals surface area contributed by atoms with Gasteiger partial charge in [-0.05, 0) is 49.2 Å². The fourth-order valence-electron chi connectivity index (χ4n) is 2.72. The molecule has 6 nitrogen and oxygen atoms in total. The average molecular weight is 336 g/mol. The highest BCUT2D eigenvalue weighted by atomic mass is 16.3. The Balaban J connectivity index is 1.56. The Morgan fingerprint density at radius 3 is 2.64 bits per heavy atom. The second-order valence-corrected chi connectivity index (χ2v) is 5.82. The van der Waals surface area contributed by atoms with Crippen LogP contribution in [0.5, 0.6) is 0 Å². The topological polar surface area (TPSA) is 81.3 Å². The summed E-state index contributed by atoms with van der Waals surface area (Å²) in [7, 11) is 0. The number of carbonyl (C=O) groups is 1. The van der Waals surface area contributed by atoms with Crippen LogP contribution < -0.4 is 15.5 Å². The molecular weight excluding hydrogens is 316 g/mol. The van der Waals surface area contributed by atoms with Crippen molar-refractivity contribution in [2.24, 2.45) is 0 Å². The van der Waals surface area contributed by atoms with E-state index in [9.17, 15) is 10.1 Å². The maximum atomic E-state index is 12.0. The van der Waals surface area contributed by atoms with Crippen LogP contribution in [0, 0.1) is 11.3 Å². The van der Waals surface area contributed by atoms with Crippen LogP contribution in [0.25, 0.3) is 0 Å². The predicted octanol–water partition coefficient (Wildman–Crippen LogP) is 3.02. The van der Waals surface area contributed by atoms with Gasteiger partial charge in [0.05, 0.1) is 12.8 Å². The third kappa shape index (κ3) is 4.42. The summed E-state index contributed by atoms with van der Waals surface area (Å²) in [6.45, 7) is 2.44. The molecule has 0 radical (unpaired) electrons. The summed E-state index contributed by atoms with van der Waals surface area (Å²) in [4.78, 5) is 14.4. The quantitative estimate of drug-likeness (QED) is 0.626. The normalized spacial score (nSPS) is 14.2. The maximum Gasteiger partial charge on any atom is 0.263 e. The molecule has 1 amide bonds. The molecule has 6 heteroatoms. The zero-order valence-corrected chi connectivity index (χ0v) is 13.9. The van der Waals surface area contributed by atoms with Crippen LogP contribution in [0.3, 0.4) is 0 Å². The van der Waals surface area contributed by atoms with Crippen molar-refractivity contribution < 1.29 is 9.21 Å². The number of hydrogen-bond acceptors (Lipinski definition) is 5. The molecule has 2 N–H and O–H groups in total. The van der Waals surface area contributed by atoms with Gasteiger partial charge in [-0.2, -0.15) is 5.26 Å². The van der Waals surface area contributed by atoms with E-state index in [2.05, 4.69) is 15.5 Å². The molecule has 128 valence electrons. The molecule has 25 heavy (non-hydrogen) atoms. The number of carbonyl (C=O) groups excluding carboxylic acids is 1. The molecule has 1 fully saturated rings. The van der Waals surface area contributed by atoms with Crippen molar-refractivity contribution in [3.05, 3.63) is 60.2 Å². The number of benzene rings is 1. The molecule has 0 saturated carbocycles. The van der Waals surface area contributed by atoms with Gasteiger partial charge in [-0.15, -0.1) is 0 Å². The molecule has 1 aromatic carbocycles. The van der Waals surface area contributed by atoms with Crippen molar-refractivity contribution in [1.82, 2.24) is 5.32 Å². The van der Waals surface area contributed by atoms with Crippen LogP contribution in [0.2, 0.25) is 0 Å². The summed E-state index contributed by atoms with van der Waals surface area (Å²) in [5, 5.41) is 14.8. The Bertz CT molecular complexity index is 767. The van der Waals surface area contributed by atoms with Gasteiger partial charge >= 0.3 is 0 Å². The number of nitrogens with zero attached hydrogens (tertiary/aromatic N) is 2. The molecule has 0 unspecified atom stereocenters. The predicted molar refractivity (Wildman–Crippen MR) is 95.8 cm³/mol. The number of amides is 1. The van der Waals surface area contributed by atoms with Gasteiger partial charge in [0, 0.05) is 30.7 Å². The Hall–Kier alpha value is -3.20. The highest BCUT2D eigenvalue weighted by Crippen LogP contribution is 2.22. The first-order valence-electron chi connectivity index (χ1n) is 8.28. The molecule has 1 aromatic heterocycles. The van der Waals surface area contributed by atoms with Gasteiger partial charge in [0.25, 0.3) is 5.91 Å². The minimum absolute atomic E-state index is 0.00942. The lowest BCUT2D eigenvalue weighted by molar-refractivity contribution is -0.117. The molecule has 0 spiro atoms. The number of rotatable bonds is 6. The number of nitriles is 1. The third-order valence-corrected chi connectivity index (χ3v) is 4.09. The number of furan rings is 1. The Kier molecular flexibility index (Phi) is 5.37. The van der Waals surface area contributed by atoms with Gasteiger partial charge in [0.2, 0.25) is 0 Å². The van der Waals surface area contributed by atoms with Crippen molar-refractivity contribution in [2.45, 2.75) is 19.4 Å². The van der Waals surface area contributed by atoms with Crippen LogP contribution in [0.1, 0.15) is 18.6 Å². The Morgan fingerprint density at radius 1 is 1.24 bits per heavy atom. The van der Waals surface area contributed by atoms with Crippen molar-refractivity contribution in [3.8, 4) is 6.07 Å². The van der Waals surface area contributed by atoms with Gasteiger partial charge in [0.1, 0.15) is 17.4 Å². The van der Waals surface area contributed by atoms with E-state index in [1.54, 1.807) is 12.1 Å². The van der Waals surface area contributed by atoms with E-state index in [1.165, 1.54) is 31.0 Å². The molecule has 2 aromatic rings. The second kappa shape index (κ2) is 8.06. The zero-order valence-electron chi connectivity index (χ0n) is 13.9. The molecule has 1 saturated heterocycles. The van der Waals surface area contributed by atoms with E-state index in [4.69, 9.17) is 4.42 Å². The first kappa shape index (κ1) is 16.7. The lowest BCUT2D eigenvalue weighted by Gasteiger charge is -2.17. The minimum atomic E-state index is -0.444. The van der Waals surface area contributed by atoms with Crippen molar-refractivity contribution in [3.63, 3.8) is 0 Å². The molecule has 0 bridgehead atoms. The third-order valence-electron chi connectivity index (χ3n) is 4.09. The zero-order chi connectivity index (χ0) is 17.5. The minimum Gasteiger partial charge on any atom is -0.467 e. The summed E-state index contributed by atoms with van der Waals surface area (Å²) in [6.07, 6.45) is 5.43. The smallest absolute Gasteiger partial charge is 0.263 e. The van der Waals surface area contributed by atoms with Crippen LogP contribution in [-0.4, -0.2) is 19.0 Å². The van der Waals surface area contributed by atoms with E-state index in [1.807, 2.05) is 30.3 Å². The summed E-state index contributed by atoms with van der Waals surface area (Å²) in [5.74, 6) is 0.191. The van der Waals surface area contributed by atoms with Crippen LogP contribution in [-0.2, 0) is 11.3 Å². The Morgan fingerprint density at radius 2 is 2.00 bits per heavy atom. The summed E-state index contributed by atoms with van der Waals surface area (Å²) >= 11 is 0. The Labute approximate surface area is 146 Å². The molecule has 1 aliphatic rings. The van der Waals surface area contributed by atoms with Gasteiger partial charge in [0.15, 0.2) is 0 Å². The fraction of sp³-hybridized carbons (Fsp3) is 0.263. The van der Waals surface area contributed by atoms with Crippen molar-refractivity contribution >= 4 is 17.3 Å². The van der Waals surface area contributed by atoms with Gasteiger partial charge in [-0.3, -0.25) is 4.79 Å². The van der Waals surface area contributed by atoms with Crippen LogP contribution in [0.15, 0.2) is 58.9 Å². The van der Waals surface area contributed by atoms with Crippen molar-refractivity contribution in [1.29, 1.82) is 5.26 Å². The van der Waals surface area contributed by atoms with Crippen LogP contribution >= 0.6 is 0 Å². The summed E-state index contributed by atoms with van der Waals surface area (Å²) in [6, 6.07) is 13.4. The van der Waals surface area contributed by atoms with Gasteiger partial charge in [-0.25, -0.2) is 0 Å². The van der Waals surface area contributed by atoms with Gasteiger partial charge in [-0.1, -0.05) is 0 Å². The number of hydrogen-bond donors (Lipinski definition) is 2. The highest BCUT2D eigenvalue weighted by molar-refractivity contribution is 5.97. The lowest BCUT2D eigenvalue weighted by atomic mass is 10.2. The van der Waals surface area contributed by atoms with E-state index >= 15 is 0 Å². The van der Waals surface area contributed by atoms with Crippen LogP contribution in [0.4, 0.5) is 11.4 Å². The first-order chi connectivity index (χ1) is 12.3. The van der Waals surface area contributed by atoms with Crippen molar-refractivity contribution in [2.75, 3.05) is 23.3 Å². The maximum absolute atomic E-state index is 12.0. The average Bonchev–Trinajstić information content (AvgIpc) is 3.35. The SMILES string of the molecule is N#C/C(=C/Nc1ccc(N2CCCC2)cc1)C(=O)NCc1ccco1. The first-order valence-corrected chi connectivity index (χ1v) is 8.28. The molecular formula is C19H20N4O2. The van der Waals surface area contributed by atoms with E-state index in [-0.39, 0.29) is 12.1 Å². The fourth-order valence-corrected chi connectivity index (χ4v) is 2.72. The molecule has 1 aliphatic heterocycles. The summed E-state index contributed by atoms with van der Waals surface area (Å²) < 4.78 is 5.14. The molecule has 0 atom stereocenters. The monoisotopic (exact) mass is 336 g/mol. The lowest BCUT2D eigenvalue weighted by Crippen LogP contribution is -2.24.